The summed E-state index contributed by atoms with van der Waals surface area (Å²) in [6, 6.07) is 6.20. The van der Waals surface area contributed by atoms with E-state index in [0.29, 0.717) is 53.4 Å². The quantitative estimate of drug-likeness (QED) is 0.337. The van der Waals surface area contributed by atoms with Crippen LogP contribution in [0, 0.1) is 12.7 Å². The fourth-order valence-electron chi connectivity index (χ4n) is 3.74. The van der Waals surface area contributed by atoms with Crippen LogP contribution < -0.4 is 21.3 Å². The number of aryl methyl sites for hydroxylation is 1. The van der Waals surface area contributed by atoms with Crippen molar-refractivity contribution in [2.45, 2.75) is 51.6 Å². The van der Waals surface area contributed by atoms with Crippen LogP contribution in [0.2, 0.25) is 0 Å². The standard InChI is InChI=1S/C24H31FN6OS/c1-4-16(31-17-6-7-17)13-28-19-8-5-15(11-18(19)25)9-10-27-23(32)22-20(26-3)21-24(33-22)30-14(2)12-29-21/h5,8,11-12,16-17,26,28,31H,4,6-7,9-10,13H2,1-3H3,(H,27,32)/t16-/m1/s1. The normalized spacial score (nSPS) is 14.3. The van der Waals surface area contributed by atoms with Crippen molar-refractivity contribution in [1.29, 1.82) is 0 Å². The van der Waals surface area contributed by atoms with Gasteiger partial charge >= 0.3 is 0 Å². The highest BCUT2D eigenvalue weighted by Crippen LogP contribution is 2.33. The lowest BCUT2D eigenvalue weighted by atomic mass is 10.1. The Labute approximate surface area is 197 Å². The average molecular weight is 471 g/mol. The molecule has 4 N–H and O–H groups in total. The largest absolute Gasteiger partial charge is 0.385 e. The van der Waals surface area contributed by atoms with Gasteiger partial charge < -0.3 is 21.3 Å². The summed E-state index contributed by atoms with van der Waals surface area (Å²) in [6.45, 7) is 5.12. The van der Waals surface area contributed by atoms with E-state index in [1.54, 1.807) is 25.4 Å². The van der Waals surface area contributed by atoms with Crippen molar-refractivity contribution in [3.05, 3.63) is 46.3 Å². The van der Waals surface area contributed by atoms with Crippen molar-refractivity contribution in [1.82, 2.24) is 20.6 Å². The first-order chi connectivity index (χ1) is 16.0. The van der Waals surface area contributed by atoms with Crippen LogP contribution in [0.1, 0.15) is 47.1 Å². The van der Waals surface area contributed by atoms with E-state index in [9.17, 15) is 9.18 Å². The molecule has 1 atom stereocenters. The Balaban J connectivity index is 1.31. The van der Waals surface area contributed by atoms with E-state index in [2.05, 4.69) is 38.2 Å². The summed E-state index contributed by atoms with van der Waals surface area (Å²) in [7, 11) is 1.77. The number of thiophene rings is 1. The second kappa shape index (κ2) is 10.4. The summed E-state index contributed by atoms with van der Waals surface area (Å²) in [5, 5.41) is 12.8. The number of hydrogen-bond acceptors (Lipinski definition) is 7. The number of rotatable bonds is 11. The molecule has 33 heavy (non-hydrogen) atoms. The molecule has 9 heteroatoms. The van der Waals surface area contributed by atoms with Gasteiger partial charge in [-0.25, -0.2) is 14.4 Å². The average Bonchev–Trinajstić information content (AvgIpc) is 3.55. The summed E-state index contributed by atoms with van der Waals surface area (Å²) in [5.41, 5.74) is 3.54. The number of anilines is 2. The van der Waals surface area contributed by atoms with Gasteiger partial charge in [0.2, 0.25) is 0 Å². The Bertz CT molecular complexity index is 1130. The van der Waals surface area contributed by atoms with Crippen LogP contribution >= 0.6 is 11.3 Å². The molecule has 1 amide bonds. The molecule has 4 rings (SSSR count). The molecule has 0 radical (unpaired) electrons. The van der Waals surface area contributed by atoms with Gasteiger partial charge in [-0.2, -0.15) is 0 Å². The number of nitrogens with zero attached hydrogens (tertiary/aromatic N) is 2. The van der Waals surface area contributed by atoms with Crippen LogP contribution in [-0.4, -0.2) is 48.1 Å². The van der Waals surface area contributed by atoms with Gasteiger partial charge in [0, 0.05) is 38.4 Å². The van der Waals surface area contributed by atoms with Gasteiger partial charge in [0.25, 0.3) is 5.91 Å². The van der Waals surface area contributed by atoms with Crippen LogP contribution in [0.5, 0.6) is 0 Å². The maximum atomic E-state index is 14.6. The number of amides is 1. The minimum absolute atomic E-state index is 0.186. The molecule has 7 nitrogen and oxygen atoms in total. The summed E-state index contributed by atoms with van der Waals surface area (Å²) in [6.07, 6.45) is 5.71. The summed E-state index contributed by atoms with van der Waals surface area (Å²) < 4.78 is 14.6. The zero-order valence-electron chi connectivity index (χ0n) is 19.3. The molecule has 0 bridgehead atoms. The Morgan fingerprint density at radius 3 is 2.85 bits per heavy atom. The minimum atomic E-state index is -0.269. The molecule has 1 aliphatic carbocycles. The highest BCUT2D eigenvalue weighted by atomic mass is 32.1. The third-order valence-corrected chi connectivity index (χ3v) is 6.86. The van der Waals surface area contributed by atoms with Crippen molar-refractivity contribution in [3.63, 3.8) is 0 Å². The van der Waals surface area contributed by atoms with E-state index in [4.69, 9.17) is 0 Å². The predicted molar refractivity (Wildman–Crippen MR) is 133 cm³/mol. The number of fused-ring (bicyclic) bond motifs is 1. The van der Waals surface area contributed by atoms with Crippen LogP contribution in [0.15, 0.2) is 24.4 Å². The Hall–Kier alpha value is -2.78. The van der Waals surface area contributed by atoms with Gasteiger partial charge in [-0.3, -0.25) is 4.79 Å². The lowest BCUT2D eigenvalue weighted by Gasteiger charge is -2.18. The molecule has 1 aliphatic rings. The van der Waals surface area contributed by atoms with E-state index in [1.807, 2.05) is 13.0 Å². The van der Waals surface area contributed by atoms with Crippen LogP contribution in [0.25, 0.3) is 10.3 Å². The molecule has 0 aliphatic heterocycles. The van der Waals surface area contributed by atoms with Gasteiger partial charge in [-0.15, -0.1) is 11.3 Å². The monoisotopic (exact) mass is 470 g/mol. The van der Waals surface area contributed by atoms with Crippen molar-refractivity contribution in [2.75, 3.05) is 30.8 Å². The Morgan fingerprint density at radius 1 is 1.33 bits per heavy atom. The maximum Gasteiger partial charge on any atom is 0.263 e. The molecular weight excluding hydrogens is 439 g/mol. The third kappa shape index (κ3) is 5.78. The Kier molecular flexibility index (Phi) is 7.39. The number of aromatic nitrogens is 2. The Morgan fingerprint density at radius 2 is 2.15 bits per heavy atom. The summed E-state index contributed by atoms with van der Waals surface area (Å²) in [5.74, 6) is -0.455. The molecule has 0 spiro atoms. The van der Waals surface area contributed by atoms with Gasteiger partial charge in [0.1, 0.15) is 21.0 Å². The molecule has 3 aromatic rings. The van der Waals surface area contributed by atoms with Gasteiger partial charge in [0.15, 0.2) is 0 Å². The molecule has 1 aromatic carbocycles. The second-order valence-corrected chi connectivity index (χ2v) is 9.47. The number of carbonyl (C=O) groups excluding carboxylic acids is 1. The first-order valence-electron chi connectivity index (χ1n) is 11.5. The van der Waals surface area contributed by atoms with Crippen molar-refractivity contribution < 1.29 is 9.18 Å². The van der Waals surface area contributed by atoms with Gasteiger partial charge in [-0.05, 0) is 50.3 Å². The lowest BCUT2D eigenvalue weighted by molar-refractivity contribution is 0.0959. The maximum absolute atomic E-state index is 14.6. The minimum Gasteiger partial charge on any atom is -0.385 e. The van der Waals surface area contributed by atoms with Crippen molar-refractivity contribution in [2.24, 2.45) is 0 Å². The number of carbonyl (C=O) groups is 1. The smallest absolute Gasteiger partial charge is 0.263 e. The van der Waals surface area contributed by atoms with Crippen molar-refractivity contribution >= 4 is 39.0 Å². The van der Waals surface area contributed by atoms with E-state index in [1.165, 1.54) is 24.2 Å². The lowest BCUT2D eigenvalue weighted by Crippen LogP contribution is -2.36. The van der Waals surface area contributed by atoms with Gasteiger partial charge in [0.05, 0.1) is 17.1 Å². The molecule has 1 fully saturated rings. The predicted octanol–water partition coefficient (Wildman–Crippen LogP) is 4.10. The first kappa shape index (κ1) is 23.4. The highest BCUT2D eigenvalue weighted by molar-refractivity contribution is 7.21. The summed E-state index contributed by atoms with van der Waals surface area (Å²) in [4.78, 5) is 22.9. The zero-order valence-corrected chi connectivity index (χ0v) is 20.1. The molecule has 2 aromatic heterocycles. The first-order valence-corrected chi connectivity index (χ1v) is 12.3. The number of halogens is 1. The SMILES string of the molecule is CC[C@H](CNc1ccc(CCNC(=O)c2sc3nc(C)cnc3c2NC)cc1F)NC1CC1. The second-order valence-electron chi connectivity index (χ2n) is 8.47. The molecule has 2 heterocycles. The van der Waals surface area contributed by atoms with E-state index < -0.39 is 0 Å². The van der Waals surface area contributed by atoms with E-state index >= 15 is 0 Å². The zero-order chi connectivity index (χ0) is 23.4. The summed E-state index contributed by atoms with van der Waals surface area (Å²) >= 11 is 1.32. The number of benzene rings is 1. The van der Waals surface area contributed by atoms with Crippen LogP contribution in [0.4, 0.5) is 15.8 Å². The van der Waals surface area contributed by atoms with E-state index in [0.717, 1.165) is 22.5 Å². The van der Waals surface area contributed by atoms with Gasteiger partial charge in [-0.1, -0.05) is 13.0 Å². The molecule has 176 valence electrons. The fourth-order valence-corrected chi connectivity index (χ4v) is 4.84. The number of nitrogens with one attached hydrogen (secondary N) is 4. The van der Waals surface area contributed by atoms with E-state index in [-0.39, 0.29) is 11.7 Å². The fraction of sp³-hybridized carbons (Fsp3) is 0.458. The van der Waals surface area contributed by atoms with Crippen LogP contribution in [0.3, 0.4) is 0 Å². The van der Waals surface area contributed by atoms with Crippen LogP contribution in [-0.2, 0) is 6.42 Å². The topological polar surface area (TPSA) is 91.0 Å². The molecular formula is C24H31FN6OS. The number of hydrogen-bond donors (Lipinski definition) is 4. The molecule has 0 unspecified atom stereocenters. The molecule has 1 saturated carbocycles. The third-order valence-electron chi connectivity index (χ3n) is 5.79. The van der Waals surface area contributed by atoms with Crippen molar-refractivity contribution in [3.8, 4) is 0 Å². The highest BCUT2D eigenvalue weighted by Gasteiger charge is 2.24. The molecule has 0 saturated heterocycles.